The van der Waals surface area contributed by atoms with Crippen LogP contribution in [0.4, 0.5) is 3.89 Å². The monoisotopic (exact) mass is 596 g/mol. The Morgan fingerprint density at radius 2 is 1.76 bits per heavy atom. The standard InChI is InChI=1S/C21H16Cl3FN2O4S.BrH/c22-17-6-4-16(9-19(17)24)31-13-21(28)26-10-15-2-1-7-27(12-15)11-14-3-5-18(23)20(8-14)32(25,29)30;/h1-9,12H,10-11,13H2;1H. The van der Waals surface area contributed by atoms with E-state index in [2.05, 4.69) is 4.99 Å². The molecule has 3 rings (SSSR count). The predicted molar refractivity (Wildman–Crippen MR) is 129 cm³/mol. The van der Waals surface area contributed by atoms with Crippen LogP contribution in [0.3, 0.4) is 0 Å². The van der Waals surface area contributed by atoms with E-state index < -0.39 is 21.0 Å². The number of hydrogen-bond donors (Lipinski definition) is 0. The molecular weight excluding hydrogens is 582 g/mol. The summed E-state index contributed by atoms with van der Waals surface area (Å²) < 4.78 is 42.9. The molecule has 0 aliphatic rings. The number of aromatic nitrogens is 1. The number of halogens is 5. The van der Waals surface area contributed by atoms with E-state index in [1.165, 1.54) is 18.2 Å². The molecule has 0 N–H and O–H groups in total. The molecule has 0 saturated carbocycles. The Labute approximate surface area is 216 Å². The first-order valence-corrected chi connectivity index (χ1v) is 11.6. The molecule has 1 heterocycles. The lowest BCUT2D eigenvalue weighted by atomic mass is 10.2. The van der Waals surface area contributed by atoms with Crippen LogP contribution in [0.15, 0.2) is 70.8 Å². The summed E-state index contributed by atoms with van der Waals surface area (Å²) in [5, 5.41) is 12.5. The molecule has 0 unspecified atom stereocenters. The van der Waals surface area contributed by atoms with Crippen molar-refractivity contribution in [2.45, 2.75) is 18.0 Å². The van der Waals surface area contributed by atoms with E-state index >= 15 is 0 Å². The summed E-state index contributed by atoms with van der Waals surface area (Å²) in [4.78, 5) is 3.40. The number of aliphatic imine (C=N–C) groups is 1. The van der Waals surface area contributed by atoms with Crippen molar-refractivity contribution in [1.29, 1.82) is 0 Å². The van der Waals surface area contributed by atoms with Crippen LogP contribution in [0, 0.1) is 0 Å². The molecular formula is C21H17BrCl3FN2O4S. The van der Waals surface area contributed by atoms with Crippen molar-refractivity contribution in [2.24, 2.45) is 4.99 Å². The molecule has 1 aromatic heterocycles. The largest absolute Gasteiger partial charge is 0.860 e. The van der Waals surface area contributed by atoms with Gasteiger partial charge in [0.15, 0.2) is 18.9 Å². The van der Waals surface area contributed by atoms with Gasteiger partial charge < -0.3 is 9.84 Å². The van der Waals surface area contributed by atoms with E-state index in [1.807, 2.05) is 0 Å². The van der Waals surface area contributed by atoms with Crippen molar-refractivity contribution in [2.75, 3.05) is 6.61 Å². The highest BCUT2D eigenvalue weighted by Gasteiger charge is 2.18. The second-order valence-corrected chi connectivity index (χ2v) is 9.20. The smallest absolute Gasteiger partial charge is 0.333 e. The highest BCUT2D eigenvalue weighted by atomic mass is 79.9. The van der Waals surface area contributed by atoms with Crippen LogP contribution in [0.25, 0.3) is 0 Å². The first-order chi connectivity index (χ1) is 15.1. The summed E-state index contributed by atoms with van der Waals surface area (Å²) in [5.74, 6) is -0.0555. The molecule has 0 aliphatic carbocycles. The molecule has 3 aromatic rings. The van der Waals surface area contributed by atoms with Crippen molar-refractivity contribution >= 4 is 67.9 Å². The Morgan fingerprint density at radius 3 is 2.45 bits per heavy atom. The summed E-state index contributed by atoms with van der Waals surface area (Å²) in [6.07, 6.45) is 3.49. The first kappa shape index (κ1) is 27.3. The summed E-state index contributed by atoms with van der Waals surface area (Å²) in [6.45, 7) is 0.132. The second kappa shape index (κ2) is 12.0. The van der Waals surface area contributed by atoms with Crippen LogP contribution in [0.1, 0.15) is 11.1 Å². The van der Waals surface area contributed by atoms with Gasteiger partial charge >= 0.3 is 10.2 Å². The molecule has 0 bridgehead atoms. The molecule has 0 aliphatic heterocycles. The Kier molecular flexibility index (Phi) is 9.93. The van der Waals surface area contributed by atoms with Gasteiger partial charge in [0.2, 0.25) is 0 Å². The minimum absolute atomic E-state index is 0. The molecule has 0 saturated heterocycles. The second-order valence-electron chi connectivity index (χ2n) is 6.66. The van der Waals surface area contributed by atoms with Gasteiger partial charge in [-0.1, -0.05) is 40.9 Å². The van der Waals surface area contributed by atoms with Gasteiger partial charge in [0.1, 0.15) is 17.3 Å². The minimum atomic E-state index is -4.92. The van der Waals surface area contributed by atoms with E-state index in [9.17, 15) is 17.4 Å². The van der Waals surface area contributed by atoms with Crippen LogP contribution >= 0.6 is 51.8 Å². The molecule has 0 spiro atoms. The third-order valence-electron chi connectivity index (χ3n) is 4.23. The highest BCUT2D eigenvalue weighted by Crippen LogP contribution is 2.26. The van der Waals surface area contributed by atoms with E-state index in [-0.39, 0.29) is 41.7 Å². The van der Waals surface area contributed by atoms with Crippen LogP contribution in [-0.2, 0) is 23.3 Å². The van der Waals surface area contributed by atoms with E-state index in [0.29, 0.717) is 21.4 Å². The number of nitrogens with zero attached hydrogens (tertiary/aromatic N) is 2. The zero-order valence-corrected chi connectivity index (χ0v) is 21.5. The highest BCUT2D eigenvalue weighted by molar-refractivity contribution is 8.93. The van der Waals surface area contributed by atoms with Crippen molar-refractivity contribution in [3.63, 3.8) is 0 Å². The topological polar surface area (TPSA) is 82.7 Å². The van der Waals surface area contributed by atoms with Crippen molar-refractivity contribution in [1.82, 2.24) is 0 Å². The lowest BCUT2D eigenvalue weighted by Gasteiger charge is -2.12. The summed E-state index contributed by atoms with van der Waals surface area (Å²) in [7, 11) is -4.92. The summed E-state index contributed by atoms with van der Waals surface area (Å²) in [6, 6.07) is 12.3. The van der Waals surface area contributed by atoms with E-state index in [4.69, 9.17) is 39.5 Å². The third-order valence-corrected chi connectivity index (χ3v) is 6.28. The van der Waals surface area contributed by atoms with Crippen LogP contribution in [0.5, 0.6) is 5.75 Å². The van der Waals surface area contributed by atoms with E-state index in [1.54, 1.807) is 47.3 Å². The molecule has 33 heavy (non-hydrogen) atoms. The van der Waals surface area contributed by atoms with Gasteiger partial charge in [-0.3, -0.25) is 4.99 Å². The maximum atomic E-state index is 13.4. The van der Waals surface area contributed by atoms with Crippen LogP contribution < -0.4 is 14.4 Å². The van der Waals surface area contributed by atoms with Gasteiger partial charge in [-0.25, -0.2) is 4.57 Å². The zero-order valence-electron chi connectivity index (χ0n) is 16.8. The molecule has 2 aromatic carbocycles. The number of hydrogen-bond acceptors (Lipinski definition) is 5. The average Bonchev–Trinajstić information content (AvgIpc) is 2.74. The molecule has 6 nitrogen and oxygen atoms in total. The minimum Gasteiger partial charge on any atom is -0.860 e. The van der Waals surface area contributed by atoms with Gasteiger partial charge in [-0.15, -0.1) is 20.9 Å². The Bertz CT molecular complexity index is 1280. The van der Waals surface area contributed by atoms with Crippen LogP contribution in [0.2, 0.25) is 15.1 Å². The van der Waals surface area contributed by atoms with Gasteiger partial charge in [-0.05, 0) is 36.2 Å². The van der Waals surface area contributed by atoms with Gasteiger partial charge in [-0.2, -0.15) is 8.42 Å². The summed E-state index contributed by atoms with van der Waals surface area (Å²) in [5.41, 5.74) is 1.28. The SMILES string of the molecule is Br.O=S(=O)(F)c1cc(C[n+]2cccc(CN=C([O-])COc3ccc(Cl)c(Cl)c3)c2)ccc1Cl. The lowest BCUT2D eigenvalue weighted by Crippen LogP contribution is -2.34. The zero-order chi connectivity index (χ0) is 23.3. The molecule has 0 amide bonds. The maximum Gasteiger partial charge on any atom is 0.333 e. The van der Waals surface area contributed by atoms with Crippen LogP contribution in [-0.4, -0.2) is 20.9 Å². The molecule has 0 radical (unpaired) electrons. The Hall–Kier alpha value is -1.91. The third kappa shape index (κ3) is 8.12. The van der Waals surface area contributed by atoms with Crippen molar-refractivity contribution in [3.05, 3.63) is 87.1 Å². The first-order valence-electron chi connectivity index (χ1n) is 9.11. The number of benzene rings is 2. The normalized spacial score (nSPS) is 11.7. The van der Waals surface area contributed by atoms with Gasteiger partial charge in [0, 0.05) is 23.3 Å². The fraction of sp³-hybridized carbons (Fsp3) is 0.143. The van der Waals surface area contributed by atoms with E-state index in [0.717, 1.165) is 5.56 Å². The van der Waals surface area contributed by atoms with Gasteiger partial charge in [0.05, 0.1) is 21.6 Å². The maximum absolute atomic E-state index is 13.4. The summed E-state index contributed by atoms with van der Waals surface area (Å²) >= 11 is 17.5. The lowest BCUT2D eigenvalue weighted by molar-refractivity contribution is -0.688. The fourth-order valence-electron chi connectivity index (χ4n) is 2.75. The fourth-order valence-corrected chi connectivity index (χ4v) is 4.02. The van der Waals surface area contributed by atoms with Gasteiger partial charge in [0.25, 0.3) is 0 Å². The average molecular weight is 599 g/mol. The van der Waals surface area contributed by atoms with Crippen molar-refractivity contribution in [3.8, 4) is 5.75 Å². The predicted octanol–water partition coefficient (Wildman–Crippen LogP) is 4.56. The Morgan fingerprint density at radius 1 is 1.03 bits per heavy atom. The molecule has 12 heteroatoms. The molecule has 0 atom stereocenters. The molecule has 176 valence electrons. The number of pyridine rings is 1. The number of ether oxygens (including phenoxy) is 1. The van der Waals surface area contributed by atoms with Crippen molar-refractivity contribution < 1.29 is 26.7 Å². The quantitative estimate of drug-likeness (QED) is 0.165. The Balaban J connectivity index is 0.00000385. The molecule has 0 fully saturated rings. The number of rotatable bonds is 8.